The number of nitrogens with zero attached hydrogens (tertiary/aromatic N) is 1. The maximum absolute atomic E-state index is 9.99. The summed E-state index contributed by atoms with van der Waals surface area (Å²) < 4.78 is 0. The van der Waals surface area contributed by atoms with Crippen molar-refractivity contribution in [1.29, 1.82) is 0 Å². The van der Waals surface area contributed by atoms with E-state index in [-0.39, 0.29) is 12.1 Å². The van der Waals surface area contributed by atoms with Crippen molar-refractivity contribution in [2.24, 2.45) is 0 Å². The average Bonchev–Trinajstić information content (AvgIpc) is 3.37. The van der Waals surface area contributed by atoms with E-state index < -0.39 is 0 Å². The van der Waals surface area contributed by atoms with Crippen LogP contribution in [0.25, 0.3) is 0 Å². The monoisotopic (exact) mass is 290 g/mol. The Hall–Kier alpha value is -0.900. The summed E-state index contributed by atoms with van der Waals surface area (Å²) in [6.07, 6.45) is 6.16. The van der Waals surface area contributed by atoms with E-state index in [0.717, 1.165) is 19.0 Å². The maximum Gasteiger partial charge on any atom is 0.0678 e. The van der Waals surface area contributed by atoms with Crippen LogP contribution in [-0.4, -0.2) is 42.8 Å². The van der Waals surface area contributed by atoms with Crippen LogP contribution < -0.4 is 5.32 Å². The van der Waals surface area contributed by atoms with Gasteiger partial charge in [-0.1, -0.05) is 43.7 Å². The van der Waals surface area contributed by atoms with E-state index in [0.29, 0.717) is 0 Å². The summed E-state index contributed by atoms with van der Waals surface area (Å²) in [5.74, 6) is 0. The van der Waals surface area contributed by atoms with Gasteiger partial charge in [-0.15, -0.1) is 0 Å². The molecule has 0 bridgehead atoms. The zero-order valence-electron chi connectivity index (χ0n) is 13.5. The minimum absolute atomic E-state index is 0.139. The Balaban J connectivity index is 2.01. The van der Waals surface area contributed by atoms with Crippen molar-refractivity contribution in [3.63, 3.8) is 0 Å². The minimum Gasteiger partial charge on any atom is -0.394 e. The van der Waals surface area contributed by atoms with Gasteiger partial charge in [0.05, 0.1) is 12.1 Å². The summed E-state index contributed by atoms with van der Waals surface area (Å²) in [6.45, 7) is 4.64. The van der Waals surface area contributed by atoms with Crippen LogP contribution in [0.5, 0.6) is 0 Å². The number of likely N-dealkylation sites (N-methyl/N-ethyl adjacent to an activating group) is 1. The molecule has 0 heterocycles. The van der Waals surface area contributed by atoms with Crippen LogP contribution in [-0.2, 0) is 5.54 Å². The molecule has 0 amide bonds. The minimum atomic E-state index is -0.319. The number of hydrogen-bond donors (Lipinski definition) is 2. The normalized spacial score (nSPS) is 17.9. The third-order valence-electron chi connectivity index (χ3n) is 4.76. The molecule has 1 unspecified atom stereocenters. The molecule has 1 saturated carbocycles. The Morgan fingerprint density at radius 2 is 1.95 bits per heavy atom. The van der Waals surface area contributed by atoms with E-state index in [1.807, 2.05) is 25.2 Å². The van der Waals surface area contributed by atoms with Gasteiger partial charge in [-0.2, -0.15) is 0 Å². The first kappa shape index (κ1) is 16.5. The molecule has 2 rings (SSSR count). The topological polar surface area (TPSA) is 35.5 Å². The molecule has 0 aromatic heterocycles. The molecule has 0 saturated heterocycles. The van der Waals surface area contributed by atoms with Gasteiger partial charge in [0, 0.05) is 12.6 Å². The molecule has 0 aliphatic heterocycles. The molecule has 0 spiro atoms. The lowest BCUT2D eigenvalue weighted by Crippen LogP contribution is -2.46. The second-order valence-corrected chi connectivity index (χ2v) is 6.23. The Kier molecular flexibility index (Phi) is 6.22. The summed E-state index contributed by atoms with van der Waals surface area (Å²) in [7, 11) is 1.96. The number of aliphatic hydroxyl groups is 1. The molecule has 3 nitrogen and oxygen atoms in total. The van der Waals surface area contributed by atoms with Crippen molar-refractivity contribution in [1.82, 2.24) is 10.2 Å². The molecule has 1 aliphatic rings. The molecular formula is C18H30N2O. The number of unbranched alkanes of at least 4 members (excludes halogenated alkanes) is 1. The smallest absolute Gasteiger partial charge is 0.0678 e. The van der Waals surface area contributed by atoms with Gasteiger partial charge in [0.15, 0.2) is 0 Å². The highest BCUT2D eigenvalue weighted by atomic mass is 16.3. The number of benzene rings is 1. The third-order valence-corrected chi connectivity index (χ3v) is 4.76. The van der Waals surface area contributed by atoms with Crippen molar-refractivity contribution in [2.45, 2.75) is 50.6 Å². The van der Waals surface area contributed by atoms with Crippen LogP contribution in [0.2, 0.25) is 0 Å². The van der Waals surface area contributed by atoms with Gasteiger partial charge in [-0.3, -0.25) is 0 Å². The standard InChI is InChI=1S/C18H30N2O/c1-3-4-13-20(17-10-11-17)14-12-18(15-21,19-2)16-8-6-5-7-9-16/h5-9,17,19,21H,3-4,10-15H2,1-2H3. The van der Waals surface area contributed by atoms with Crippen LogP contribution in [0.1, 0.15) is 44.6 Å². The van der Waals surface area contributed by atoms with E-state index in [1.54, 1.807) is 0 Å². The number of nitrogens with one attached hydrogen (secondary N) is 1. The molecule has 1 aliphatic carbocycles. The second-order valence-electron chi connectivity index (χ2n) is 6.23. The largest absolute Gasteiger partial charge is 0.394 e. The summed E-state index contributed by atoms with van der Waals surface area (Å²) in [6, 6.07) is 11.1. The van der Waals surface area contributed by atoms with Crippen LogP contribution in [0.3, 0.4) is 0 Å². The molecule has 3 heteroatoms. The predicted octanol–water partition coefficient (Wildman–Crippen LogP) is 2.75. The van der Waals surface area contributed by atoms with Crippen molar-refractivity contribution < 1.29 is 5.11 Å². The molecule has 1 atom stereocenters. The van der Waals surface area contributed by atoms with Crippen molar-refractivity contribution in [3.05, 3.63) is 35.9 Å². The van der Waals surface area contributed by atoms with E-state index in [1.165, 1.54) is 37.8 Å². The van der Waals surface area contributed by atoms with Gasteiger partial charge in [0.2, 0.25) is 0 Å². The van der Waals surface area contributed by atoms with Crippen LogP contribution in [0.15, 0.2) is 30.3 Å². The Morgan fingerprint density at radius 3 is 2.48 bits per heavy atom. The molecular weight excluding hydrogens is 260 g/mol. The van der Waals surface area contributed by atoms with E-state index in [4.69, 9.17) is 0 Å². The average molecular weight is 290 g/mol. The van der Waals surface area contributed by atoms with Crippen LogP contribution >= 0.6 is 0 Å². The van der Waals surface area contributed by atoms with E-state index in [2.05, 4.69) is 29.3 Å². The molecule has 2 N–H and O–H groups in total. The first-order valence-electron chi connectivity index (χ1n) is 8.35. The van der Waals surface area contributed by atoms with Gasteiger partial charge < -0.3 is 15.3 Å². The van der Waals surface area contributed by atoms with Gasteiger partial charge in [-0.25, -0.2) is 0 Å². The van der Waals surface area contributed by atoms with Gasteiger partial charge in [0.25, 0.3) is 0 Å². The molecule has 21 heavy (non-hydrogen) atoms. The number of aliphatic hydroxyl groups excluding tert-OH is 1. The molecule has 1 fully saturated rings. The Labute approximate surface area is 129 Å². The van der Waals surface area contributed by atoms with Gasteiger partial charge >= 0.3 is 0 Å². The van der Waals surface area contributed by atoms with Crippen molar-refractivity contribution in [2.75, 3.05) is 26.7 Å². The van der Waals surface area contributed by atoms with Crippen molar-refractivity contribution >= 4 is 0 Å². The highest BCUT2D eigenvalue weighted by Crippen LogP contribution is 2.30. The quantitative estimate of drug-likeness (QED) is 0.695. The summed E-state index contributed by atoms with van der Waals surface area (Å²) >= 11 is 0. The fraction of sp³-hybridized carbons (Fsp3) is 0.667. The van der Waals surface area contributed by atoms with Crippen molar-refractivity contribution in [3.8, 4) is 0 Å². The van der Waals surface area contributed by atoms with Gasteiger partial charge in [-0.05, 0) is 44.8 Å². The zero-order chi connectivity index (χ0) is 15.1. The zero-order valence-corrected chi connectivity index (χ0v) is 13.5. The predicted molar refractivity (Wildman–Crippen MR) is 88.4 cm³/mol. The van der Waals surface area contributed by atoms with Crippen LogP contribution in [0.4, 0.5) is 0 Å². The first-order chi connectivity index (χ1) is 10.3. The van der Waals surface area contributed by atoms with E-state index >= 15 is 0 Å². The SMILES string of the molecule is CCCCN(CCC(CO)(NC)c1ccccc1)C1CC1. The maximum atomic E-state index is 9.99. The van der Waals surface area contributed by atoms with Crippen LogP contribution in [0, 0.1) is 0 Å². The van der Waals surface area contributed by atoms with E-state index in [9.17, 15) is 5.11 Å². The Bertz CT molecular complexity index is 399. The number of hydrogen-bond acceptors (Lipinski definition) is 3. The fourth-order valence-electron chi connectivity index (χ4n) is 3.03. The molecule has 1 aromatic rings. The highest BCUT2D eigenvalue weighted by Gasteiger charge is 2.33. The third kappa shape index (κ3) is 4.29. The highest BCUT2D eigenvalue weighted by molar-refractivity contribution is 5.24. The lowest BCUT2D eigenvalue weighted by molar-refractivity contribution is 0.135. The molecule has 0 radical (unpaired) electrons. The lowest BCUT2D eigenvalue weighted by Gasteiger charge is -2.35. The summed E-state index contributed by atoms with van der Waals surface area (Å²) in [5.41, 5.74) is 0.863. The second kappa shape index (κ2) is 7.92. The summed E-state index contributed by atoms with van der Waals surface area (Å²) in [5, 5.41) is 13.4. The lowest BCUT2D eigenvalue weighted by atomic mass is 9.87. The molecule has 1 aromatic carbocycles. The first-order valence-corrected chi connectivity index (χ1v) is 8.35. The van der Waals surface area contributed by atoms with Gasteiger partial charge in [0.1, 0.15) is 0 Å². The molecule has 118 valence electrons. The Morgan fingerprint density at radius 1 is 1.24 bits per heavy atom. The number of rotatable bonds is 10. The summed E-state index contributed by atoms with van der Waals surface area (Å²) in [4.78, 5) is 2.62. The fourth-order valence-corrected chi connectivity index (χ4v) is 3.03.